The molecule has 144 valence electrons. The van der Waals surface area contributed by atoms with Crippen molar-refractivity contribution in [1.82, 2.24) is 10.2 Å². The van der Waals surface area contributed by atoms with Gasteiger partial charge in [-0.25, -0.2) is 0 Å². The Hall–Kier alpha value is -1.59. The zero-order chi connectivity index (χ0) is 17.8. The summed E-state index contributed by atoms with van der Waals surface area (Å²) in [6, 6.07) is 8.30. The summed E-state index contributed by atoms with van der Waals surface area (Å²) >= 11 is 0. The molecule has 2 amide bonds. The van der Waals surface area contributed by atoms with E-state index in [0.717, 1.165) is 50.1 Å². The van der Waals surface area contributed by atoms with E-state index in [-0.39, 0.29) is 36.2 Å². The summed E-state index contributed by atoms with van der Waals surface area (Å²) in [5, 5.41) is 3.34. The number of hydrogen-bond donors (Lipinski definition) is 1. The number of nitrogens with zero attached hydrogens (tertiary/aromatic N) is 2. The quantitative estimate of drug-likeness (QED) is 0.826. The van der Waals surface area contributed by atoms with E-state index in [4.69, 9.17) is 0 Å². The van der Waals surface area contributed by atoms with Crippen LogP contribution in [0.2, 0.25) is 0 Å². The molecule has 5 nitrogen and oxygen atoms in total. The van der Waals surface area contributed by atoms with Crippen molar-refractivity contribution in [3.05, 3.63) is 29.8 Å². The van der Waals surface area contributed by atoms with Crippen LogP contribution in [0.25, 0.3) is 0 Å². The molecule has 2 heterocycles. The van der Waals surface area contributed by atoms with Gasteiger partial charge in [-0.1, -0.05) is 32.0 Å². The number of benzene rings is 1. The molecule has 0 spiro atoms. The highest BCUT2D eigenvalue weighted by molar-refractivity contribution is 6.00. The van der Waals surface area contributed by atoms with Gasteiger partial charge < -0.3 is 15.1 Å². The molecule has 2 unspecified atom stereocenters. The first-order chi connectivity index (χ1) is 12.2. The molecular formula is C20H30ClN3O2. The Morgan fingerprint density at radius 2 is 2.08 bits per heavy atom. The molecule has 6 heteroatoms. The number of carbonyl (C=O) groups is 2. The van der Waals surface area contributed by atoms with Crippen LogP contribution in [0.3, 0.4) is 0 Å². The van der Waals surface area contributed by atoms with Crippen LogP contribution in [0.15, 0.2) is 24.3 Å². The van der Waals surface area contributed by atoms with Crippen molar-refractivity contribution in [2.75, 3.05) is 31.1 Å². The van der Waals surface area contributed by atoms with Gasteiger partial charge in [-0.2, -0.15) is 0 Å². The monoisotopic (exact) mass is 379 g/mol. The molecule has 2 fully saturated rings. The fourth-order valence-electron chi connectivity index (χ4n) is 4.03. The fourth-order valence-corrected chi connectivity index (χ4v) is 4.03. The number of hydrogen-bond acceptors (Lipinski definition) is 3. The first-order valence-electron chi connectivity index (χ1n) is 9.55. The molecule has 0 radical (unpaired) electrons. The van der Waals surface area contributed by atoms with E-state index in [1.54, 1.807) is 0 Å². The van der Waals surface area contributed by atoms with Crippen molar-refractivity contribution < 1.29 is 9.59 Å². The maximum absolute atomic E-state index is 13.1. The third-order valence-corrected chi connectivity index (χ3v) is 5.36. The van der Waals surface area contributed by atoms with Gasteiger partial charge in [-0.05, 0) is 37.4 Å². The first kappa shape index (κ1) is 20.7. The van der Waals surface area contributed by atoms with Gasteiger partial charge in [0.1, 0.15) is 0 Å². The maximum atomic E-state index is 13.1. The number of nitrogens with one attached hydrogen (secondary N) is 1. The zero-order valence-corrected chi connectivity index (χ0v) is 16.6. The molecular weight excluding hydrogens is 350 g/mol. The topological polar surface area (TPSA) is 52.7 Å². The van der Waals surface area contributed by atoms with Crippen molar-refractivity contribution in [2.24, 2.45) is 5.92 Å². The van der Waals surface area contributed by atoms with Gasteiger partial charge in [0, 0.05) is 37.8 Å². The summed E-state index contributed by atoms with van der Waals surface area (Å²) in [5.74, 6) is 0.00480. The highest BCUT2D eigenvalue weighted by Crippen LogP contribution is 2.30. The van der Waals surface area contributed by atoms with Gasteiger partial charge in [0.2, 0.25) is 11.8 Å². The van der Waals surface area contributed by atoms with E-state index in [1.165, 1.54) is 0 Å². The lowest BCUT2D eigenvalue weighted by Gasteiger charge is -2.30. The Balaban J connectivity index is 0.00000243. The predicted octanol–water partition coefficient (Wildman–Crippen LogP) is 2.62. The molecule has 0 aliphatic carbocycles. The van der Waals surface area contributed by atoms with Crippen LogP contribution < -0.4 is 10.2 Å². The highest BCUT2D eigenvalue weighted by atomic mass is 35.5. The van der Waals surface area contributed by atoms with Gasteiger partial charge >= 0.3 is 0 Å². The molecule has 2 saturated heterocycles. The van der Waals surface area contributed by atoms with E-state index in [2.05, 4.69) is 25.2 Å². The average molecular weight is 380 g/mol. The normalized spacial score (nSPS) is 22.4. The number of anilines is 1. The summed E-state index contributed by atoms with van der Waals surface area (Å²) in [6.45, 7) is 7.33. The predicted molar refractivity (Wildman–Crippen MR) is 107 cm³/mol. The van der Waals surface area contributed by atoms with Crippen LogP contribution >= 0.6 is 12.4 Å². The van der Waals surface area contributed by atoms with Gasteiger partial charge in [0.15, 0.2) is 0 Å². The molecule has 0 aromatic heterocycles. The highest BCUT2D eigenvalue weighted by Gasteiger charge is 2.39. The number of carbonyl (C=O) groups excluding carboxylic acids is 2. The van der Waals surface area contributed by atoms with Gasteiger partial charge in [0.05, 0.1) is 5.92 Å². The number of rotatable bonds is 6. The molecule has 26 heavy (non-hydrogen) atoms. The van der Waals surface area contributed by atoms with Crippen molar-refractivity contribution in [3.63, 3.8) is 0 Å². The minimum absolute atomic E-state index is 0. The number of aryl methyl sites for hydroxylation is 1. The third kappa shape index (κ3) is 4.21. The lowest BCUT2D eigenvalue weighted by molar-refractivity contribution is -0.137. The first-order valence-corrected chi connectivity index (χ1v) is 9.55. The van der Waals surface area contributed by atoms with E-state index >= 15 is 0 Å². The SMILES string of the molecule is CCCN(C(=O)C1CC(=O)N(c2ccccc2CC)C1)C1CCNC1.Cl. The molecule has 2 aliphatic rings. The zero-order valence-electron chi connectivity index (χ0n) is 15.7. The second kappa shape index (κ2) is 9.38. The van der Waals surface area contributed by atoms with E-state index in [1.807, 2.05) is 28.0 Å². The molecule has 2 atom stereocenters. The molecule has 0 bridgehead atoms. The lowest BCUT2D eigenvalue weighted by atomic mass is 10.0. The van der Waals surface area contributed by atoms with Gasteiger partial charge in [-0.15, -0.1) is 12.4 Å². The Morgan fingerprint density at radius 1 is 1.31 bits per heavy atom. The maximum Gasteiger partial charge on any atom is 0.228 e. The third-order valence-electron chi connectivity index (χ3n) is 5.36. The lowest BCUT2D eigenvalue weighted by Crippen LogP contribution is -2.45. The number of amides is 2. The molecule has 2 aliphatic heterocycles. The molecule has 1 aromatic carbocycles. The van der Waals surface area contributed by atoms with E-state index in [9.17, 15) is 9.59 Å². The van der Waals surface area contributed by atoms with Crippen LogP contribution in [0, 0.1) is 5.92 Å². The van der Waals surface area contributed by atoms with Crippen molar-refractivity contribution >= 4 is 29.9 Å². The Kier molecular flexibility index (Phi) is 7.47. The number of halogens is 1. The van der Waals surface area contributed by atoms with E-state index < -0.39 is 0 Å². The van der Waals surface area contributed by atoms with Crippen LogP contribution in [0.1, 0.15) is 38.7 Å². The van der Waals surface area contributed by atoms with Crippen molar-refractivity contribution in [2.45, 2.75) is 45.6 Å². The Morgan fingerprint density at radius 3 is 2.73 bits per heavy atom. The van der Waals surface area contributed by atoms with Gasteiger partial charge in [-0.3, -0.25) is 9.59 Å². The van der Waals surface area contributed by atoms with Gasteiger partial charge in [0.25, 0.3) is 0 Å². The minimum atomic E-state index is -0.218. The molecule has 3 rings (SSSR count). The fraction of sp³-hybridized carbons (Fsp3) is 0.600. The summed E-state index contributed by atoms with van der Waals surface area (Å²) in [6.07, 6.45) is 3.17. The van der Waals surface area contributed by atoms with Crippen molar-refractivity contribution in [1.29, 1.82) is 0 Å². The Bertz CT molecular complexity index is 631. The van der Waals surface area contributed by atoms with Crippen LogP contribution in [0.5, 0.6) is 0 Å². The van der Waals surface area contributed by atoms with Crippen LogP contribution in [-0.2, 0) is 16.0 Å². The summed E-state index contributed by atoms with van der Waals surface area (Å²) in [4.78, 5) is 29.6. The smallest absolute Gasteiger partial charge is 0.228 e. The molecule has 1 N–H and O–H groups in total. The Labute approximate surface area is 162 Å². The minimum Gasteiger partial charge on any atom is -0.338 e. The standard InChI is InChI=1S/C20H29N3O2.ClH/c1-3-11-22(17-9-10-21-13-17)20(25)16-12-19(24)23(14-16)18-8-6-5-7-15(18)4-2;/h5-8,16-17,21H,3-4,9-14H2,1-2H3;1H. The summed E-state index contributed by atoms with van der Waals surface area (Å²) in [7, 11) is 0. The second-order valence-corrected chi connectivity index (χ2v) is 7.07. The largest absolute Gasteiger partial charge is 0.338 e. The average Bonchev–Trinajstić information content (AvgIpc) is 3.29. The summed E-state index contributed by atoms with van der Waals surface area (Å²) in [5.41, 5.74) is 2.13. The van der Waals surface area contributed by atoms with Crippen LogP contribution in [0.4, 0.5) is 5.69 Å². The van der Waals surface area contributed by atoms with Crippen LogP contribution in [-0.4, -0.2) is 48.9 Å². The molecule has 1 aromatic rings. The van der Waals surface area contributed by atoms with Crippen molar-refractivity contribution in [3.8, 4) is 0 Å². The second-order valence-electron chi connectivity index (χ2n) is 7.07. The number of para-hydroxylation sites is 1. The molecule has 0 saturated carbocycles. The van der Waals surface area contributed by atoms with E-state index in [0.29, 0.717) is 13.0 Å². The summed E-state index contributed by atoms with van der Waals surface area (Å²) < 4.78 is 0.